The number of benzene rings is 1. The van der Waals surface area contributed by atoms with E-state index in [-0.39, 0.29) is 18.0 Å². The third kappa shape index (κ3) is 3.02. The van der Waals surface area contributed by atoms with Crippen LogP contribution in [0.3, 0.4) is 0 Å². The van der Waals surface area contributed by atoms with Crippen molar-refractivity contribution in [2.45, 2.75) is 39.5 Å². The van der Waals surface area contributed by atoms with E-state index in [0.717, 1.165) is 22.2 Å². The maximum absolute atomic E-state index is 13.2. The minimum absolute atomic E-state index is 0.0437. The first-order valence-electron chi connectivity index (χ1n) is 9.13. The highest BCUT2D eigenvalue weighted by molar-refractivity contribution is 9.10. The van der Waals surface area contributed by atoms with E-state index in [4.69, 9.17) is 14.2 Å². The van der Waals surface area contributed by atoms with Gasteiger partial charge in [0.25, 0.3) is 0 Å². The highest BCUT2D eigenvalue weighted by Crippen LogP contribution is 2.50. The Kier molecular flexibility index (Phi) is 4.53. The molecular weight excluding hydrogens is 426 g/mol. The molecular formula is C21H22BrNO5. The van der Waals surface area contributed by atoms with Crippen molar-refractivity contribution >= 4 is 27.7 Å². The van der Waals surface area contributed by atoms with Gasteiger partial charge in [0.15, 0.2) is 17.3 Å². The van der Waals surface area contributed by atoms with Crippen LogP contribution in [0.15, 0.2) is 39.1 Å². The first-order valence-corrected chi connectivity index (χ1v) is 9.92. The average molecular weight is 448 g/mol. The lowest BCUT2D eigenvalue weighted by Crippen LogP contribution is -2.38. The molecule has 0 bridgehead atoms. The van der Waals surface area contributed by atoms with Crippen LogP contribution >= 0.6 is 15.9 Å². The summed E-state index contributed by atoms with van der Waals surface area (Å²) >= 11 is 3.60. The summed E-state index contributed by atoms with van der Waals surface area (Å²) in [6, 6.07) is 3.66. The number of hydrogen-bond donors (Lipinski definition) is 1. The second kappa shape index (κ2) is 6.65. The lowest BCUT2D eigenvalue weighted by Gasteiger charge is -2.39. The molecule has 1 aliphatic carbocycles. The van der Waals surface area contributed by atoms with E-state index < -0.39 is 11.9 Å². The fourth-order valence-corrected chi connectivity index (χ4v) is 4.83. The van der Waals surface area contributed by atoms with Crippen molar-refractivity contribution in [3.8, 4) is 11.5 Å². The SMILES string of the molecule is COC(=O)C1=C(C)NC2=C(C(=O)CC(C)(C)C2)C1c1cc2c(cc1Br)OCO2. The summed E-state index contributed by atoms with van der Waals surface area (Å²) in [6.45, 7) is 6.15. The quantitative estimate of drug-likeness (QED) is 0.691. The maximum Gasteiger partial charge on any atom is 0.336 e. The summed E-state index contributed by atoms with van der Waals surface area (Å²) < 4.78 is 16.8. The minimum Gasteiger partial charge on any atom is -0.466 e. The number of allylic oxidation sites excluding steroid dienone is 3. The van der Waals surface area contributed by atoms with Gasteiger partial charge in [0, 0.05) is 33.8 Å². The first kappa shape index (κ1) is 19.1. The largest absolute Gasteiger partial charge is 0.466 e. The minimum atomic E-state index is -0.531. The molecule has 148 valence electrons. The summed E-state index contributed by atoms with van der Waals surface area (Å²) in [5.41, 5.74) is 3.29. The van der Waals surface area contributed by atoms with Gasteiger partial charge in [0.05, 0.1) is 12.7 Å². The van der Waals surface area contributed by atoms with Crippen molar-refractivity contribution in [2.75, 3.05) is 13.9 Å². The second-order valence-electron chi connectivity index (χ2n) is 8.15. The van der Waals surface area contributed by atoms with E-state index in [9.17, 15) is 9.59 Å². The van der Waals surface area contributed by atoms with Crippen molar-refractivity contribution in [3.05, 3.63) is 44.7 Å². The number of nitrogens with one attached hydrogen (secondary N) is 1. The van der Waals surface area contributed by atoms with Gasteiger partial charge in [-0.2, -0.15) is 0 Å². The molecule has 4 rings (SSSR count). The molecule has 0 spiro atoms. The molecule has 1 N–H and O–H groups in total. The summed E-state index contributed by atoms with van der Waals surface area (Å²) in [5, 5.41) is 3.31. The van der Waals surface area contributed by atoms with Crippen molar-refractivity contribution in [2.24, 2.45) is 5.41 Å². The zero-order chi connectivity index (χ0) is 20.2. The highest BCUT2D eigenvalue weighted by atomic mass is 79.9. The van der Waals surface area contributed by atoms with Gasteiger partial charge in [-0.15, -0.1) is 0 Å². The number of hydrogen-bond acceptors (Lipinski definition) is 6. The molecule has 1 unspecified atom stereocenters. The Bertz CT molecular complexity index is 960. The number of esters is 1. The van der Waals surface area contributed by atoms with Crippen LogP contribution in [0.2, 0.25) is 0 Å². The van der Waals surface area contributed by atoms with Gasteiger partial charge < -0.3 is 19.5 Å². The summed E-state index contributed by atoms with van der Waals surface area (Å²) in [6.07, 6.45) is 1.16. The predicted molar refractivity (Wildman–Crippen MR) is 106 cm³/mol. The number of ether oxygens (including phenoxy) is 3. The van der Waals surface area contributed by atoms with Crippen LogP contribution in [-0.4, -0.2) is 25.7 Å². The van der Waals surface area contributed by atoms with Crippen LogP contribution in [0.25, 0.3) is 0 Å². The predicted octanol–water partition coefficient (Wildman–Crippen LogP) is 3.95. The molecule has 0 radical (unpaired) electrons. The number of fused-ring (bicyclic) bond motifs is 1. The van der Waals surface area contributed by atoms with Gasteiger partial charge in [0.1, 0.15) is 0 Å². The Labute approximate surface area is 172 Å². The fraction of sp³-hybridized carbons (Fsp3) is 0.429. The van der Waals surface area contributed by atoms with Crippen LogP contribution in [-0.2, 0) is 14.3 Å². The molecule has 0 saturated carbocycles. The molecule has 0 saturated heterocycles. The first-order chi connectivity index (χ1) is 13.2. The van der Waals surface area contributed by atoms with Gasteiger partial charge in [-0.25, -0.2) is 4.79 Å². The molecule has 7 heteroatoms. The summed E-state index contributed by atoms with van der Waals surface area (Å²) in [4.78, 5) is 25.9. The number of dihydropyridines is 1. The summed E-state index contributed by atoms with van der Waals surface area (Å²) in [7, 11) is 1.35. The van der Waals surface area contributed by atoms with Gasteiger partial charge in [-0.1, -0.05) is 29.8 Å². The lowest BCUT2D eigenvalue weighted by atomic mass is 9.68. The van der Waals surface area contributed by atoms with E-state index in [1.807, 2.05) is 19.1 Å². The van der Waals surface area contributed by atoms with Crippen LogP contribution in [0.1, 0.15) is 45.1 Å². The Morgan fingerprint density at radius 2 is 1.93 bits per heavy atom. The normalized spacial score (nSPS) is 22.8. The zero-order valence-corrected chi connectivity index (χ0v) is 17.9. The molecule has 0 amide bonds. The molecule has 2 aliphatic heterocycles. The van der Waals surface area contributed by atoms with Gasteiger partial charge >= 0.3 is 5.97 Å². The van der Waals surface area contributed by atoms with Crippen molar-refractivity contribution in [1.29, 1.82) is 0 Å². The molecule has 1 aromatic rings. The molecule has 3 aliphatic rings. The second-order valence-corrected chi connectivity index (χ2v) is 9.00. The highest BCUT2D eigenvalue weighted by Gasteiger charge is 2.44. The molecule has 28 heavy (non-hydrogen) atoms. The maximum atomic E-state index is 13.2. The van der Waals surface area contributed by atoms with Crippen LogP contribution < -0.4 is 14.8 Å². The summed E-state index contributed by atoms with van der Waals surface area (Å²) in [5.74, 6) is 0.293. The Hall–Kier alpha value is -2.28. The Morgan fingerprint density at radius 1 is 1.25 bits per heavy atom. The number of carbonyl (C=O) groups is 2. The third-order valence-electron chi connectivity index (χ3n) is 5.45. The molecule has 2 heterocycles. The average Bonchev–Trinajstić information content (AvgIpc) is 3.05. The molecule has 1 aromatic carbocycles. The zero-order valence-electron chi connectivity index (χ0n) is 16.3. The van der Waals surface area contributed by atoms with Crippen LogP contribution in [0, 0.1) is 5.41 Å². The molecule has 1 atom stereocenters. The third-order valence-corrected chi connectivity index (χ3v) is 6.13. The molecule has 6 nitrogen and oxygen atoms in total. The number of methoxy groups -OCH3 is 1. The van der Waals surface area contributed by atoms with E-state index in [0.29, 0.717) is 34.8 Å². The fourth-order valence-electron chi connectivity index (χ4n) is 4.28. The smallest absolute Gasteiger partial charge is 0.336 e. The Morgan fingerprint density at radius 3 is 2.61 bits per heavy atom. The van der Waals surface area contributed by atoms with E-state index in [1.165, 1.54) is 7.11 Å². The lowest BCUT2D eigenvalue weighted by molar-refractivity contribution is -0.136. The number of Topliss-reactive ketones (excluding diaryl/α,β-unsaturated/α-hetero) is 1. The van der Waals surface area contributed by atoms with E-state index in [2.05, 4.69) is 35.1 Å². The molecule has 0 fully saturated rings. The van der Waals surface area contributed by atoms with Crippen LogP contribution in [0.5, 0.6) is 11.5 Å². The van der Waals surface area contributed by atoms with Gasteiger partial charge in [-0.05, 0) is 36.5 Å². The monoisotopic (exact) mass is 447 g/mol. The van der Waals surface area contributed by atoms with E-state index >= 15 is 0 Å². The number of rotatable bonds is 2. The van der Waals surface area contributed by atoms with Gasteiger partial charge in [0.2, 0.25) is 6.79 Å². The standard InChI is InChI=1S/C21H22BrNO5/c1-10-17(20(25)26-4)18(11-5-15-16(6-12(11)22)28-9-27-15)19-13(23-10)7-21(2,3)8-14(19)24/h5-6,18,23H,7-9H2,1-4H3. The van der Waals surface area contributed by atoms with Crippen LogP contribution in [0.4, 0.5) is 0 Å². The van der Waals surface area contributed by atoms with Crippen molar-refractivity contribution < 1.29 is 23.8 Å². The van der Waals surface area contributed by atoms with Crippen molar-refractivity contribution in [3.63, 3.8) is 0 Å². The van der Waals surface area contributed by atoms with E-state index in [1.54, 1.807) is 0 Å². The number of halogens is 1. The number of carbonyl (C=O) groups excluding carboxylic acids is 2. The topological polar surface area (TPSA) is 73.9 Å². The van der Waals surface area contributed by atoms with Crippen molar-refractivity contribution in [1.82, 2.24) is 5.32 Å². The van der Waals surface area contributed by atoms with Gasteiger partial charge in [-0.3, -0.25) is 4.79 Å². The molecule has 0 aromatic heterocycles. The Balaban J connectivity index is 1.94. The number of ketones is 1.